The molecule has 0 spiro atoms. The van der Waals surface area contributed by atoms with E-state index in [1.807, 2.05) is 31.2 Å². The van der Waals surface area contributed by atoms with Gasteiger partial charge in [0.2, 0.25) is 0 Å². The standard InChI is InChI=1S/C14H20N2O/c1-11-3-2-4-13(9-11)14(17)16-10-12-5-7-15-8-6-12/h2-4,9,12,15H,5-8,10H2,1H3,(H,16,17). The van der Waals surface area contributed by atoms with Gasteiger partial charge in [0.1, 0.15) is 0 Å². The van der Waals surface area contributed by atoms with Crippen LogP contribution in [0.1, 0.15) is 28.8 Å². The third-order valence-electron chi connectivity index (χ3n) is 3.29. The van der Waals surface area contributed by atoms with Crippen LogP contribution < -0.4 is 10.6 Å². The van der Waals surface area contributed by atoms with Gasteiger partial charge < -0.3 is 10.6 Å². The molecule has 3 heteroatoms. The summed E-state index contributed by atoms with van der Waals surface area (Å²) >= 11 is 0. The number of aryl methyl sites for hydroxylation is 1. The minimum atomic E-state index is 0.0484. The van der Waals surface area contributed by atoms with Crippen LogP contribution in [0.3, 0.4) is 0 Å². The molecule has 0 atom stereocenters. The fourth-order valence-electron chi connectivity index (χ4n) is 2.21. The van der Waals surface area contributed by atoms with Gasteiger partial charge in [-0.25, -0.2) is 0 Å². The first kappa shape index (κ1) is 12.1. The molecule has 0 aliphatic carbocycles. The smallest absolute Gasteiger partial charge is 0.251 e. The summed E-state index contributed by atoms with van der Waals surface area (Å²) in [6, 6.07) is 7.72. The molecule has 3 nitrogen and oxygen atoms in total. The molecule has 0 radical (unpaired) electrons. The van der Waals surface area contributed by atoms with Crippen LogP contribution >= 0.6 is 0 Å². The van der Waals surface area contributed by atoms with Gasteiger partial charge in [-0.05, 0) is 50.9 Å². The number of rotatable bonds is 3. The van der Waals surface area contributed by atoms with E-state index < -0.39 is 0 Å². The van der Waals surface area contributed by atoms with E-state index in [1.165, 1.54) is 0 Å². The van der Waals surface area contributed by atoms with Crippen molar-refractivity contribution in [2.45, 2.75) is 19.8 Å². The van der Waals surface area contributed by atoms with E-state index in [4.69, 9.17) is 0 Å². The molecule has 92 valence electrons. The summed E-state index contributed by atoms with van der Waals surface area (Å²) in [6.45, 7) is 4.95. The van der Waals surface area contributed by atoms with Gasteiger partial charge >= 0.3 is 0 Å². The molecule has 0 bridgehead atoms. The Kier molecular flexibility index (Phi) is 4.15. The number of amides is 1. The summed E-state index contributed by atoms with van der Waals surface area (Å²) in [5.74, 6) is 0.678. The molecule has 1 heterocycles. The zero-order valence-corrected chi connectivity index (χ0v) is 10.3. The summed E-state index contributed by atoms with van der Waals surface area (Å²) < 4.78 is 0. The van der Waals surface area contributed by atoms with E-state index in [-0.39, 0.29) is 5.91 Å². The predicted octanol–water partition coefficient (Wildman–Crippen LogP) is 1.72. The van der Waals surface area contributed by atoms with Gasteiger partial charge in [-0.2, -0.15) is 0 Å². The largest absolute Gasteiger partial charge is 0.352 e. The van der Waals surface area contributed by atoms with Crippen LogP contribution in [0, 0.1) is 12.8 Å². The fraction of sp³-hybridized carbons (Fsp3) is 0.500. The minimum absolute atomic E-state index is 0.0484. The van der Waals surface area contributed by atoms with Gasteiger partial charge in [-0.1, -0.05) is 17.7 Å². The van der Waals surface area contributed by atoms with Crippen LogP contribution in [0.2, 0.25) is 0 Å². The molecule has 1 amide bonds. The lowest BCUT2D eigenvalue weighted by molar-refractivity contribution is 0.0944. The first-order valence-corrected chi connectivity index (χ1v) is 6.31. The molecule has 1 saturated heterocycles. The van der Waals surface area contributed by atoms with E-state index in [0.717, 1.165) is 43.6 Å². The van der Waals surface area contributed by atoms with Gasteiger partial charge in [0.15, 0.2) is 0 Å². The van der Waals surface area contributed by atoms with Crippen molar-refractivity contribution in [3.63, 3.8) is 0 Å². The minimum Gasteiger partial charge on any atom is -0.352 e. The average molecular weight is 232 g/mol. The molecule has 2 rings (SSSR count). The Morgan fingerprint density at radius 2 is 2.18 bits per heavy atom. The maximum Gasteiger partial charge on any atom is 0.251 e. The number of hydrogen-bond donors (Lipinski definition) is 2. The van der Waals surface area contributed by atoms with Gasteiger partial charge in [0.05, 0.1) is 0 Å². The lowest BCUT2D eigenvalue weighted by atomic mass is 9.98. The number of carbonyl (C=O) groups is 1. The van der Waals surface area contributed by atoms with Gasteiger partial charge in [-0.3, -0.25) is 4.79 Å². The first-order chi connectivity index (χ1) is 8.25. The molecule has 0 aromatic heterocycles. The number of benzene rings is 1. The van der Waals surface area contributed by atoms with Crippen molar-refractivity contribution in [1.29, 1.82) is 0 Å². The van der Waals surface area contributed by atoms with Crippen LogP contribution in [0.5, 0.6) is 0 Å². The van der Waals surface area contributed by atoms with Gasteiger partial charge in [-0.15, -0.1) is 0 Å². The van der Waals surface area contributed by atoms with Crippen molar-refractivity contribution in [2.24, 2.45) is 5.92 Å². The Morgan fingerprint density at radius 3 is 2.88 bits per heavy atom. The van der Waals surface area contributed by atoms with Crippen LogP contribution in [-0.2, 0) is 0 Å². The zero-order valence-electron chi connectivity index (χ0n) is 10.3. The van der Waals surface area contributed by atoms with Crippen molar-refractivity contribution in [3.8, 4) is 0 Å². The van der Waals surface area contributed by atoms with Crippen molar-refractivity contribution >= 4 is 5.91 Å². The van der Waals surface area contributed by atoms with Gasteiger partial charge in [0.25, 0.3) is 5.91 Å². The highest BCUT2D eigenvalue weighted by Crippen LogP contribution is 2.10. The van der Waals surface area contributed by atoms with E-state index in [2.05, 4.69) is 10.6 Å². The molecule has 17 heavy (non-hydrogen) atoms. The van der Waals surface area contributed by atoms with Crippen molar-refractivity contribution < 1.29 is 4.79 Å². The molecule has 1 fully saturated rings. The Labute approximate surface area is 103 Å². The van der Waals surface area contributed by atoms with Crippen molar-refractivity contribution in [1.82, 2.24) is 10.6 Å². The normalized spacial score (nSPS) is 16.8. The van der Waals surface area contributed by atoms with E-state index in [9.17, 15) is 4.79 Å². The molecule has 1 aliphatic heterocycles. The monoisotopic (exact) mass is 232 g/mol. The topological polar surface area (TPSA) is 41.1 Å². The number of piperidine rings is 1. The van der Waals surface area contributed by atoms with Crippen LogP contribution in [0.15, 0.2) is 24.3 Å². The average Bonchev–Trinajstić information content (AvgIpc) is 2.37. The van der Waals surface area contributed by atoms with Crippen molar-refractivity contribution in [3.05, 3.63) is 35.4 Å². The third-order valence-corrected chi connectivity index (χ3v) is 3.29. The number of nitrogens with one attached hydrogen (secondary N) is 2. The van der Waals surface area contributed by atoms with Crippen LogP contribution in [0.4, 0.5) is 0 Å². The summed E-state index contributed by atoms with van der Waals surface area (Å²) in [7, 11) is 0. The second kappa shape index (κ2) is 5.82. The Bertz CT molecular complexity index is 384. The van der Waals surface area contributed by atoms with Gasteiger partial charge in [0, 0.05) is 12.1 Å². The lowest BCUT2D eigenvalue weighted by Gasteiger charge is -2.22. The molecular weight excluding hydrogens is 212 g/mol. The van der Waals surface area contributed by atoms with Crippen LogP contribution in [-0.4, -0.2) is 25.5 Å². The van der Waals surface area contributed by atoms with Crippen LogP contribution in [0.25, 0.3) is 0 Å². The molecule has 2 N–H and O–H groups in total. The Balaban J connectivity index is 1.84. The first-order valence-electron chi connectivity index (χ1n) is 6.31. The zero-order chi connectivity index (χ0) is 12.1. The van der Waals surface area contributed by atoms with Crippen molar-refractivity contribution in [2.75, 3.05) is 19.6 Å². The highest BCUT2D eigenvalue weighted by Gasteiger charge is 2.14. The molecule has 1 aromatic rings. The summed E-state index contributed by atoms with van der Waals surface area (Å²) in [6.07, 6.45) is 2.32. The number of hydrogen-bond acceptors (Lipinski definition) is 2. The molecular formula is C14H20N2O. The summed E-state index contributed by atoms with van der Waals surface area (Å²) in [4.78, 5) is 11.9. The molecule has 0 unspecified atom stereocenters. The fourth-order valence-corrected chi connectivity index (χ4v) is 2.21. The van der Waals surface area contributed by atoms with E-state index in [1.54, 1.807) is 0 Å². The third kappa shape index (κ3) is 3.56. The Hall–Kier alpha value is -1.35. The Morgan fingerprint density at radius 1 is 1.41 bits per heavy atom. The predicted molar refractivity (Wildman–Crippen MR) is 69.1 cm³/mol. The maximum absolute atomic E-state index is 11.9. The quantitative estimate of drug-likeness (QED) is 0.833. The maximum atomic E-state index is 11.9. The highest BCUT2D eigenvalue weighted by atomic mass is 16.1. The highest BCUT2D eigenvalue weighted by molar-refractivity contribution is 5.94. The SMILES string of the molecule is Cc1cccc(C(=O)NCC2CCNCC2)c1. The number of carbonyl (C=O) groups excluding carboxylic acids is 1. The molecule has 1 aromatic carbocycles. The summed E-state index contributed by atoms with van der Waals surface area (Å²) in [5.41, 5.74) is 1.89. The van der Waals surface area contributed by atoms with E-state index in [0.29, 0.717) is 5.92 Å². The second-order valence-corrected chi connectivity index (χ2v) is 4.77. The molecule has 1 aliphatic rings. The summed E-state index contributed by atoms with van der Waals surface area (Å²) in [5, 5.41) is 6.36. The second-order valence-electron chi connectivity index (χ2n) is 4.77. The molecule has 0 saturated carbocycles. The van der Waals surface area contributed by atoms with E-state index >= 15 is 0 Å². The lowest BCUT2D eigenvalue weighted by Crippen LogP contribution is -2.35.